The largest absolute Gasteiger partial charge is 0.0998 e. The van der Waals surface area contributed by atoms with Crippen LogP contribution in [0.2, 0.25) is 25.7 Å². The van der Waals surface area contributed by atoms with Crippen molar-refractivity contribution in [3.05, 3.63) is 36.0 Å². The fourth-order valence-corrected chi connectivity index (χ4v) is 3.38. The fourth-order valence-electron chi connectivity index (χ4n) is 1.76. The first-order valence-corrected chi connectivity index (χ1v) is 8.69. The van der Waals surface area contributed by atoms with Gasteiger partial charge < -0.3 is 0 Å². The predicted molar refractivity (Wildman–Crippen MR) is 63.8 cm³/mol. The maximum absolute atomic E-state index is 4.17. The van der Waals surface area contributed by atoms with Gasteiger partial charge in [0.05, 0.1) is 0 Å². The van der Waals surface area contributed by atoms with Crippen LogP contribution >= 0.6 is 0 Å². The normalized spacial score (nSPS) is 16.1. The third-order valence-corrected chi connectivity index (χ3v) is 3.67. The van der Waals surface area contributed by atoms with Gasteiger partial charge in [-0.05, 0) is 18.9 Å². The fraction of sp³-hybridized carbons (Fsp3) is 0.500. The second-order valence-corrected chi connectivity index (χ2v) is 10.6. The highest BCUT2D eigenvalue weighted by atomic mass is 28.3. The Kier molecular flexibility index (Phi) is 3.31. The molecule has 72 valence electrons. The molecule has 0 saturated heterocycles. The van der Waals surface area contributed by atoms with Crippen molar-refractivity contribution in [3.63, 3.8) is 0 Å². The van der Waals surface area contributed by atoms with E-state index in [9.17, 15) is 0 Å². The standard InChI is InChI=1S/C12H20Si/c1-11(10-13(2,3)4)9-12-7-5-6-8-12/h5-7H,1,8-10H2,2-4H3. The Hall–Kier alpha value is -0.563. The monoisotopic (exact) mass is 192 g/mol. The van der Waals surface area contributed by atoms with Crippen molar-refractivity contribution in [2.24, 2.45) is 0 Å². The average molecular weight is 192 g/mol. The summed E-state index contributed by atoms with van der Waals surface area (Å²) < 4.78 is 0. The van der Waals surface area contributed by atoms with E-state index in [-0.39, 0.29) is 0 Å². The SMILES string of the molecule is C=C(CC1=CC=CC1)C[Si](C)(C)C. The third-order valence-electron chi connectivity index (χ3n) is 2.11. The predicted octanol–water partition coefficient (Wildman–Crippen LogP) is 4.16. The quantitative estimate of drug-likeness (QED) is 0.463. The minimum Gasteiger partial charge on any atom is -0.0998 e. The van der Waals surface area contributed by atoms with Crippen LogP contribution in [-0.4, -0.2) is 8.07 Å². The van der Waals surface area contributed by atoms with Crippen molar-refractivity contribution in [2.45, 2.75) is 38.5 Å². The molecule has 1 aliphatic carbocycles. The van der Waals surface area contributed by atoms with Crippen LogP contribution in [0.5, 0.6) is 0 Å². The first-order valence-electron chi connectivity index (χ1n) is 4.98. The summed E-state index contributed by atoms with van der Waals surface area (Å²) in [7, 11) is -0.939. The Balaban J connectivity index is 2.34. The number of rotatable bonds is 4. The first-order chi connectivity index (χ1) is 5.97. The molecule has 13 heavy (non-hydrogen) atoms. The van der Waals surface area contributed by atoms with Crippen LogP contribution in [0.25, 0.3) is 0 Å². The number of allylic oxidation sites excluding steroid dienone is 5. The second kappa shape index (κ2) is 4.10. The molecule has 0 amide bonds. The lowest BCUT2D eigenvalue weighted by atomic mass is 10.1. The Labute approximate surface area is 83.1 Å². The average Bonchev–Trinajstić information content (AvgIpc) is 2.34. The third kappa shape index (κ3) is 4.27. The van der Waals surface area contributed by atoms with Gasteiger partial charge in [-0.2, -0.15) is 0 Å². The zero-order chi connectivity index (χ0) is 9.90. The van der Waals surface area contributed by atoms with Gasteiger partial charge >= 0.3 is 0 Å². The molecule has 0 aromatic heterocycles. The van der Waals surface area contributed by atoms with Gasteiger partial charge in [-0.3, -0.25) is 0 Å². The molecule has 0 spiro atoms. The maximum atomic E-state index is 4.17. The first kappa shape index (κ1) is 10.5. The van der Waals surface area contributed by atoms with E-state index >= 15 is 0 Å². The molecule has 0 aromatic rings. The van der Waals surface area contributed by atoms with E-state index in [1.54, 1.807) is 0 Å². The molecule has 0 heterocycles. The van der Waals surface area contributed by atoms with Crippen LogP contribution < -0.4 is 0 Å². The molecule has 0 atom stereocenters. The van der Waals surface area contributed by atoms with Crippen LogP contribution in [0.1, 0.15) is 12.8 Å². The van der Waals surface area contributed by atoms with Gasteiger partial charge in [-0.25, -0.2) is 0 Å². The van der Waals surface area contributed by atoms with Crippen LogP contribution in [0.3, 0.4) is 0 Å². The van der Waals surface area contributed by atoms with Gasteiger partial charge in [0.2, 0.25) is 0 Å². The summed E-state index contributed by atoms with van der Waals surface area (Å²) in [5.41, 5.74) is 2.96. The molecular formula is C12H20Si. The molecule has 0 fully saturated rings. The summed E-state index contributed by atoms with van der Waals surface area (Å²) in [5.74, 6) is 0. The molecule has 1 aliphatic rings. The molecular weight excluding hydrogens is 172 g/mol. The summed E-state index contributed by atoms with van der Waals surface area (Å²) in [6.07, 6.45) is 8.87. The van der Waals surface area contributed by atoms with Crippen molar-refractivity contribution in [1.29, 1.82) is 0 Å². The Morgan fingerprint density at radius 1 is 1.46 bits per heavy atom. The summed E-state index contributed by atoms with van der Waals surface area (Å²) in [5, 5.41) is 0. The highest BCUT2D eigenvalue weighted by Crippen LogP contribution is 2.24. The maximum Gasteiger partial charge on any atom is 0.0483 e. The van der Waals surface area contributed by atoms with Gasteiger partial charge in [-0.15, -0.1) is 0 Å². The van der Waals surface area contributed by atoms with Crippen molar-refractivity contribution < 1.29 is 0 Å². The Bertz CT molecular complexity index is 251. The lowest BCUT2D eigenvalue weighted by molar-refractivity contribution is 1.06. The van der Waals surface area contributed by atoms with E-state index in [0.717, 1.165) is 12.8 Å². The van der Waals surface area contributed by atoms with E-state index in [0.29, 0.717) is 0 Å². The summed E-state index contributed by atoms with van der Waals surface area (Å²) in [6.45, 7) is 11.4. The molecule has 0 nitrogen and oxygen atoms in total. The van der Waals surface area contributed by atoms with Crippen LogP contribution in [0.15, 0.2) is 36.0 Å². The zero-order valence-corrected chi connectivity index (χ0v) is 10.1. The topological polar surface area (TPSA) is 0 Å². The minimum absolute atomic E-state index is 0.939. The smallest absolute Gasteiger partial charge is 0.0483 e. The molecule has 0 aromatic carbocycles. The zero-order valence-electron chi connectivity index (χ0n) is 9.06. The molecule has 0 N–H and O–H groups in total. The van der Waals surface area contributed by atoms with Crippen LogP contribution in [0.4, 0.5) is 0 Å². The second-order valence-electron chi connectivity index (χ2n) is 5.12. The lowest BCUT2D eigenvalue weighted by Crippen LogP contribution is -2.19. The molecule has 0 saturated carbocycles. The lowest BCUT2D eigenvalue weighted by Gasteiger charge is -2.17. The van der Waals surface area contributed by atoms with E-state index in [4.69, 9.17) is 0 Å². The van der Waals surface area contributed by atoms with E-state index in [1.165, 1.54) is 17.2 Å². The van der Waals surface area contributed by atoms with E-state index in [2.05, 4.69) is 44.4 Å². The van der Waals surface area contributed by atoms with Gasteiger partial charge in [0.1, 0.15) is 0 Å². The number of hydrogen-bond donors (Lipinski definition) is 0. The van der Waals surface area contributed by atoms with Crippen molar-refractivity contribution >= 4 is 8.07 Å². The van der Waals surface area contributed by atoms with Gasteiger partial charge in [0, 0.05) is 8.07 Å². The van der Waals surface area contributed by atoms with Crippen molar-refractivity contribution in [2.75, 3.05) is 0 Å². The molecule has 1 heteroatoms. The molecule has 0 unspecified atom stereocenters. The van der Waals surface area contributed by atoms with E-state index < -0.39 is 8.07 Å². The van der Waals surface area contributed by atoms with Crippen molar-refractivity contribution in [1.82, 2.24) is 0 Å². The molecule has 0 radical (unpaired) electrons. The number of hydrogen-bond acceptors (Lipinski definition) is 0. The van der Waals surface area contributed by atoms with Crippen molar-refractivity contribution in [3.8, 4) is 0 Å². The molecule has 0 aliphatic heterocycles. The summed E-state index contributed by atoms with van der Waals surface area (Å²) in [6, 6.07) is 1.27. The van der Waals surface area contributed by atoms with Gasteiger partial charge in [0.15, 0.2) is 0 Å². The highest BCUT2D eigenvalue weighted by Gasteiger charge is 2.15. The van der Waals surface area contributed by atoms with Gasteiger partial charge in [-0.1, -0.05) is 55.6 Å². The summed E-state index contributed by atoms with van der Waals surface area (Å²) in [4.78, 5) is 0. The Morgan fingerprint density at radius 3 is 2.62 bits per heavy atom. The minimum atomic E-state index is -0.939. The summed E-state index contributed by atoms with van der Waals surface area (Å²) >= 11 is 0. The van der Waals surface area contributed by atoms with Crippen LogP contribution in [-0.2, 0) is 0 Å². The highest BCUT2D eigenvalue weighted by molar-refractivity contribution is 6.76. The van der Waals surface area contributed by atoms with E-state index in [1.807, 2.05) is 0 Å². The molecule has 0 bridgehead atoms. The van der Waals surface area contributed by atoms with Crippen LogP contribution in [0, 0.1) is 0 Å². The Morgan fingerprint density at radius 2 is 2.15 bits per heavy atom. The molecule has 1 rings (SSSR count). The van der Waals surface area contributed by atoms with Gasteiger partial charge in [0.25, 0.3) is 0 Å².